The molecule has 15 nitrogen and oxygen atoms in total. The standard InChI is InChI=1S/C23H29N2O.C21H25N2O.C18H27N2O.2C16H23N2O/c1-16(2)20-12-7-8-13-21(20)26-23-24(17(3)4)14-15-25(23)22-18(5)10-9-11-19(22)6;1-16(2)19-12-8-9-13-20(19)24-21-22(17(3)4)14-15-23(21)18-10-6-5-7-11-18;1-13(2)16-9-7-8-10-17(16)21-18-19(14(3)4)11-12-20(18)15(5)6;2*1-12(2)14-8-6-7-9-15(14)19-16-17(5)10-11-18(16)13(3)4/h7-17H,1-6H3;5-17H,1-4H3;7-15H,1-6H3;2*6-13H,1-5H3/q5*+1. The zero-order chi connectivity index (χ0) is 79.5. The van der Waals surface area contributed by atoms with E-state index in [9.17, 15) is 0 Å². The molecule has 0 aliphatic carbocycles. The predicted octanol–water partition coefficient (Wildman–Crippen LogP) is 23.6. The average Bonchev–Trinajstić information content (AvgIpc) is 1.69. The lowest BCUT2D eigenvalue weighted by Crippen LogP contribution is -2.36. The molecule has 12 aromatic rings. The van der Waals surface area contributed by atoms with E-state index in [-0.39, 0.29) is 0 Å². The Morgan fingerprint density at radius 2 is 0.514 bits per heavy atom. The van der Waals surface area contributed by atoms with Crippen LogP contribution >= 0.6 is 0 Å². The van der Waals surface area contributed by atoms with Crippen LogP contribution in [-0.2, 0) is 14.1 Å². The first-order valence-electron chi connectivity index (χ1n) is 39.4. The lowest BCUT2D eigenvalue weighted by molar-refractivity contribution is -0.719. The number of hydrogen-bond acceptors (Lipinski definition) is 5. The molecule has 0 radical (unpaired) electrons. The van der Waals surface area contributed by atoms with Crippen LogP contribution in [0.5, 0.6) is 58.8 Å². The molecule has 0 atom stereocenters. The largest absolute Gasteiger partial charge is 0.467 e. The smallest absolute Gasteiger partial charge is 0.391 e. The molecule has 7 aromatic carbocycles. The Bertz CT molecular complexity index is 4660. The lowest BCUT2D eigenvalue weighted by atomic mass is 10.0. The quantitative estimate of drug-likeness (QED) is 0.0595. The zero-order valence-electron chi connectivity index (χ0n) is 70.3. The summed E-state index contributed by atoms with van der Waals surface area (Å²) in [5.41, 5.74) is 10.9. The van der Waals surface area contributed by atoms with Gasteiger partial charge in [-0.1, -0.05) is 197 Å². The average molecular weight is 1480 g/mol. The highest BCUT2D eigenvalue weighted by atomic mass is 16.5. The highest BCUT2D eigenvalue weighted by molar-refractivity contribution is 5.49. The Hall–Kier alpha value is -10.4. The number of rotatable bonds is 23. The van der Waals surface area contributed by atoms with Crippen LogP contribution in [0.1, 0.15) is 257 Å². The molecule has 5 heterocycles. The molecule has 0 unspecified atom stereocenters. The van der Waals surface area contributed by atoms with E-state index in [1.165, 1.54) is 44.6 Å². The molecule has 0 fully saturated rings. The monoisotopic (exact) mass is 1480 g/mol. The van der Waals surface area contributed by atoms with E-state index in [1.54, 1.807) is 0 Å². The van der Waals surface area contributed by atoms with Gasteiger partial charge in [0.2, 0.25) is 0 Å². The van der Waals surface area contributed by atoms with Crippen molar-refractivity contribution in [2.75, 3.05) is 0 Å². The molecule has 578 valence electrons. The minimum absolute atomic E-state index is 0.307. The third kappa shape index (κ3) is 21.5. The van der Waals surface area contributed by atoms with Gasteiger partial charge >= 0.3 is 30.1 Å². The highest BCUT2D eigenvalue weighted by Crippen LogP contribution is 2.37. The fraction of sp³-hybridized carbons (Fsp3) is 0.394. The molecule has 0 N–H and O–H groups in total. The van der Waals surface area contributed by atoms with Crippen molar-refractivity contribution in [1.29, 1.82) is 0 Å². The van der Waals surface area contributed by atoms with Crippen molar-refractivity contribution >= 4 is 0 Å². The van der Waals surface area contributed by atoms with Gasteiger partial charge in [0.25, 0.3) is 0 Å². The lowest BCUT2D eigenvalue weighted by Gasteiger charge is -2.14. The molecule has 0 saturated carbocycles. The van der Waals surface area contributed by atoms with E-state index >= 15 is 0 Å². The van der Waals surface area contributed by atoms with Crippen LogP contribution in [0, 0.1) is 13.8 Å². The van der Waals surface area contributed by atoms with Gasteiger partial charge in [0.05, 0.1) is 50.3 Å². The van der Waals surface area contributed by atoms with Crippen LogP contribution < -0.4 is 46.5 Å². The first-order valence-corrected chi connectivity index (χ1v) is 39.4. The Balaban J connectivity index is 0.000000172. The number of aryl methyl sites for hydroxylation is 4. The van der Waals surface area contributed by atoms with Gasteiger partial charge in [-0.2, -0.15) is 45.7 Å². The first-order chi connectivity index (χ1) is 51.9. The number of ether oxygens (including phenoxy) is 5. The number of hydrogen-bond donors (Lipinski definition) is 0. The van der Waals surface area contributed by atoms with Crippen molar-refractivity contribution < 1.29 is 46.5 Å². The van der Waals surface area contributed by atoms with E-state index in [4.69, 9.17) is 23.7 Å². The van der Waals surface area contributed by atoms with Gasteiger partial charge in [0, 0.05) is 0 Å². The number of imidazole rings is 5. The molecule has 12 rings (SSSR count). The highest BCUT2D eigenvalue weighted by Gasteiger charge is 2.31. The van der Waals surface area contributed by atoms with Crippen molar-refractivity contribution in [2.45, 2.75) is 232 Å². The molecule has 5 aromatic heterocycles. The van der Waals surface area contributed by atoms with Crippen LogP contribution in [0.4, 0.5) is 0 Å². The normalized spacial score (nSPS) is 11.4. The number of benzene rings is 7. The topological polar surface area (TPSA) is 90.2 Å². The van der Waals surface area contributed by atoms with E-state index in [1.807, 2.05) is 102 Å². The summed E-state index contributed by atoms with van der Waals surface area (Å²) in [6.07, 6.45) is 20.7. The van der Waals surface area contributed by atoms with Gasteiger partial charge < -0.3 is 23.7 Å². The fourth-order valence-corrected chi connectivity index (χ4v) is 12.9. The number of nitrogens with zero attached hydrogens (tertiary/aromatic N) is 10. The van der Waals surface area contributed by atoms with Gasteiger partial charge in [0.15, 0.2) is 0 Å². The molecule has 0 spiro atoms. The zero-order valence-corrected chi connectivity index (χ0v) is 70.3. The summed E-state index contributed by atoms with van der Waals surface area (Å²) in [6, 6.07) is 64.4. The Morgan fingerprint density at radius 1 is 0.257 bits per heavy atom. The van der Waals surface area contributed by atoms with Crippen molar-refractivity contribution in [3.63, 3.8) is 0 Å². The van der Waals surface area contributed by atoms with Crippen LogP contribution in [-0.4, -0.2) is 22.8 Å². The van der Waals surface area contributed by atoms with Gasteiger partial charge in [-0.15, -0.1) is 0 Å². The van der Waals surface area contributed by atoms with Crippen molar-refractivity contribution in [3.05, 3.63) is 271 Å². The maximum Gasteiger partial charge on any atom is 0.467 e. The maximum atomic E-state index is 6.52. The van der Waals surface area contributed by atoms with Crippen molar-refractivity contribution in [3.8, 4) is 70.2 Å². The second kappa shape index (κ2) is 39.1. The summed E-state index contributed by atoms with van der Waals surface area (Å²) >= 11 is 0. The maximum absolute atomic E-state index is 6.52. The minimum atomic E-state index is 0.307. The van der Waals surface area contributed by atoms with Crippen molar-refractivity contribution in [2.24, 2.45) is 14.1 Å². The molecule has 0 aliphatic rings. The van der Waals surface area contributed by atoms with Gasteiger partial charge in [0.1, 0.15) is 102 Å². The Kier molecular flexibility index (Phi) is 30.2. The van der Waals surface area contributed by atoms with Crippen molar-refractivity contribution in [1.82, 2.24) is 22.8 Å². The second-order valence-electron chi connectivity index (χ2n) is 31.4. The molecular formula is C94H127N10O5+5. The molecule has 0 bridgehead atoms. The summed E-state index contributed by atoms with van der Waals surface area (Å²) in [6.45, 7) is 52.2. The third-order valence-corrected chi connectivity index (χ3v) is 19.1. The molecule has 0 amide bonds. The SMILES string of the molecule is CC(C)c1ccccc1Oc1n(-c2ccccc2)cc[n+]1C(C)C.CC(C)c1ccccc1Oc1n(C(C)C)cc[n+]1C.CC(C)c1ccccc1Oc1n(C(C)C)cc[n+]1C.CC(C)c1ccccc1Oc1n(C(C)C)cc[n+]1C(C)C.Cc1cccc(C)c1-n1cc[n+](C(C)C)c1Oc1ccccc1C(C)C. The van der Waals surface area contributed by atoms with Gasteiger partial charge in [-0.05, 0) is 208 Å². The van der Waals surface area contributed by atoms with Gasteiger partial charge in [-0.3, -0.25) is 0 Å². The summed E-state index contributed by atoms with van der Waals surface area (Å²) in [5, 5.41) is 0. The fourth-order valence-electron chi connectivity index (χ4n) is 12.9. The molecule has 109 heavy (non-hydrogen) atoms. The summed E-state index contributed by atoms with van der Waals surface area (Å²) in [5.74, 6) is 6.81. The predicted molar refractivity (Wildman–Crippen MR) is 443 cm³/mol. The van der Waals surface area contributed by atoms with Crippen LogP contribution in [0.15, 0.2) is 232 Å². The number of aromatic nitrogens is 10. The molecule has 0 aliphatic heterocycles. The van der Waals surface area contributed by atoms with E-state index in [0.717, 1.165) is 64.5 Å². The van der Waals surface area contributed by atoms with Crippen LogP contribution in [0.25, 0.3) is 11.4 Å². The minimum Gasteiger partial charge on any atom is -0.391 e. The summed E-state index contributed by atoms with van der Waals surface area (Å²) in [7, 11) is 4.01. The molecule has 15 heteroatoms. The Labute approximate surface area is 652 Å². The van der Waals surface area contributed by atoms with E-state index < -0.39 is 0 Å². The number of para-hydroxylation sites is 7. The molecule has 0 saturated heterocycles. The molecular weight excluding hydrogens is 1350 g/mol. The summed E-state index contributed by atoms with van der Waals surface area (Å²) in [4.78, 5) is 0. The van der Waals surface area contributed by atoms with Gasteiger partial charge in [-0.25, -0.2) is 0 Å². The first kappa shape index (κ1) is 84.2. The van der Waals surface area contributed by atoms with Crippen LogP contribution in [0.3, 0.4) is 0 Å². The third-order valence-electron chi connectivity index (χ3n) is 19.1. The summed E-state index contributed by atoms with van der Waals surface area (Å²) < 4.78 is 52.8. The van der Waals surface area contributed by atoms with E-state index in [0.29, 0.717) is 65.8 Å². The van der Waals surface area contributed by atoms with E-state index in [2.05, 4.69) is 355 Å². The Morgan fingerprint density at radius 3 is 0.835 bits per heavy atom. The second-order valence-corrected chi connectivity index (χ2v) is 31.4. The van der Waals surface area contributed by atoms with Crippen LogP contribution in [0.2, 0.25) is 0 Å².